The lowest BCUT2D eigenvalue weighted by Gasteiger charge is -2.26. The minimum absolute atomic E-state index is 0.0362. The largest absolute Gasteiger partial charge is 0.385 e. The Labute approximate surface area is 194 Å². The molecule has 1 aliphatic heterocycles. The van der Waals surface area contributed by atoms with E-state index in [1.807, 2.05) is 0 Å². The molecule has 13 nitrogen and oxygen atoms in total. The van der Waals surface area contributed by atoms with E-state index in [2.05, 4.69) is 15.8 Å². The highest BCUT2D eigenvalue weighted by molar-refractivity contribution is 7.89. The van der Waals surface area contributed by atoms with E-state index >= 15 is 0 Å². The molecular formula is C20H21N5O8S. The number of nitrogens with zero attached hydrogens (tertiary/aromatic N) is 3. The summed E-state index contributed by atoms with van der Waals surface area (Å²) in [4.78, 5) is 38.7. The quantitative estimate of drug-likeness (QED) is 0.299. The second-order valence-electron chi connectivity index (χ2n) is 6.89. The van der Waals surface area contributed by atoms with Gasteiger partial charge < -0.3 is 20.2 Å². The number of nitro groups is 1. The predicted molar refractivity (Wildman–Crippen MR) is 121 cm³/mol. The highest BCUT2D eigenvalue weighted by Gasteiger charge is 2.26. The number of hydrogen-bond acceptors (Lipinski definition) is 9. The van der Waals surface area contributed by atoms with Gasteiger partial charge >= 0.3 is 0 Å². The third-order valence-electron chi connectivity index (χ3n) is 4.51. The van der Waals surface area contributed by atoms with E-state index < -0.39 is 33.4 Å². The van der Waals surface area contributed by atoms with Crippen LogP contribution in [0.3, 0.4) is 0 Å². The Morgan fingerprint density at radius 2 is 1.82 bits per heavy atom. The fourth-order valence-electron chi connectivity index (χ4n) is 2.89. The van der Waals surface area contributed by atoms with Crippen molar-refractivity contribution in [2.24, 2.45) is 5.16 Å². The van der Waals surface area contributed by atoms with Crippen molar-refractivity contribution < 1.29 is 32.5 Å². The summed E-state index contributed by atoms with van der Waals surface area (Å²) < 4.78 is 31.9. The second kappa shape index (κ2) is 11.3. The number of carbonyl (C=O) groups is 2. The number of anilines is 2. The summed E-state index contributed by atoms with van der Waals surface area (Å²) >= 11 is 0. The normalized spacial score (nSPS) is 14.5. The molecule has 0 aromatic heterocycles. The molecule has 1 aliphatic rings. The summed E-state index contributed by atoms with van der Waals surface area (Å²) in [6.45, 7) is 0.617. The Hall–Kier alpha value is -3.88. The zero-order chi connectivity index (χ0) is 24.6. The van der Waals surface area contributed by atoms with Crippen LogP contribution < -0.4 is 10.6 Å². The monoisotopic (exact) mass is 491 g/mol. The van der Waals surface area contributed by atoms with Crippen molar-refractivity contribution in [3.63, 3.8) is 0 Å². The van der Waals surface area contributed by atoms with E-state index in [0.29, 0.717) is 18.9 Å². The molecule has 0 bridgehead atoms. The molecule has 1 fully saturated rings. The van der Waals surface area contributed by atoms with Crippen molar-refractivity contribution in [3.8, 4) is 0 Å². The van der Waals surface area contributed by atoms with Crippen LogP contribution in [0.25, 0.3) is 0 Å². The molecule has 0 radical (unpaired) electrons. The van der Waals surface area contributed by atoms with Gasteiger partial charge in [-0.05, 0) is 30.3 Å². The number of benzene rings is 2. The van der Waals surface area contributed by atoms with Gasteiger partial charge in [-0.2, -0.15) is 4.31 Å². The van der Waals surface area contributed by atoms with Crippen LogP contribution in [0.4, 0.5) is 17.1 Å². The van der Waals surface area contributed by atoms with Crippen LogP contribution in [0.5, 0.6) is 0 Å². The van der Waals surface area contributed by atoms with Gasteiger partial charge in [0.15, 0.2) is 6.61 Å². The molecule has 2 N–H and O–H groups in total. The first kappa shape index (κ1) is 24.8. The lowest BCUT2D eigenvalue weighted by atomic mass is 10.3. The molecular weight excluding hydrogens is 470 g/mol. The number of amides is 2. The van der Waals surface area contributed by atoms with Crippen molar-refractivity contribution in [2.45, 2.75) is 4.90 Å². The van der Waals surface area contributed by atoms with Crippen molar-refractivity contribution >= 4 is 45.1 Å². The number of oxime groups is 1. The molecule has 0 saturated carbocycles. The number of sulfonamides is 1. The smallest absolute Gasteiger partial charge is 0.270 e. The van der Waals surface area contributed by atoms with Gasteiger partial charge in [-0.15, -0.1) is 0 Å². The number of non-ortho nitro benzene ring substituents is 1. The van der Waals surface area contributed by atoms with Crippen molar-refractivity contribution in [1.29, 1.82) is 0 Å². The first-order valence-corrected chi connectivity index (χ1v) is 11.4. The van der Waals surface area contributed by atoms with Gasteiger partial charge in [0.1, 0.15) is 6.21 Å². The van der Waals surface area contributed by atoms with Gasteiger partial charge in [0.25, 0.3) is 17.5 Å². The molecule has 1 heterocycles. The molecule has 0 atom stereocenters. The number of hydrogen-bond donors (Lipinski definition) is 2. The minimum Gasteiger partial charge on any atom is -0.385 e. The molecule has 2 aromatic carbocycles. The standard InChI is InChI=1S/C20H21N5O8S/c26-19(22-15-4-6-17(7-5-15)25(28)29)13-21-33-14-20(27)23-16-2-1-3-18(12-16)34(30,31)24-8-10-32-11-9-24/h1-7,12-13H,8-11,14H2,(H,22,26)(H,23,27)/b21-13+. The van der Waals surface area contributed by atoms with Crippen LogP contribution in [0, 0.1) is 10.1 Å². The van der Waals surface area contributed by atoms with E-state index in [-0.39, 0.29) is 29.4 Å². The van der Waals surface area contributed by atoms with Crippen molar-refractivity contribution in [1.82, 2.24) is 4.31 Å². The first-order valence-electron chi connectivity index (χ1n) is 9.94. The van der Waals surface area contributed by atoms with E-state index in [4.69, 9.17) is 9.57 Å². The molecule has 180 valence electrons. The van der Waals surface area contributed by atoms with Crippen LogP contribution >= 0.6 is 0 Å². The third-order valence-corrected chi connectivity index (χ3v) is 6.41. The van der Waals surface area contributed by atoms with Crippen LogP contribution in [0.2, 0.25) is 0 Å². The number of ether oxygens (including phenoxy) is 1. The predicted octanol–water partition coefficient (Wildman–Crippen LogP) is 1.20. The molecule has 2 amide bonds. The number of morpholine rings is 1. The molecule has 34 heavy (non-hydrogen) atoms. The van der Waals surface area contributed by atoms with Gasteiger partial charge in [0.2, 0.25) is 10.0 Å². The molecule has 1 saturated heterocycles. The minimum atomic E-state index is -3.71. The molecule has 14 heteroatoms. The van der Waals surface area contributed by atoms with E-state index in [1.54, 1.807) is 0 Å². The lowest BCUT2D eigenvalue weighted by Crippen LogP contribution is -2.40. The Morgan fingerprint density at radius 1 is 1.12 bits per heavy atom. The van der Waals surface area contributed by atoms with Gasteiger partial charge in [-0.25, -0.2) is 8.42 Å². The zero-order valence-electron chi connectivity index (χ0n) is 17.7. The SMILES string of the molecule is O=C(/C=N/OCC(=O)Nc1cccc(S(=O)(=O)N2CCOCC2)c1)Nc1ccc([N+](=O)[O-])cc1. The van der Waals surface area contributed by atoms with Gasteiger partial charge in [-0.3, -0.25) is 19.7 Å². The average molecular weight is 491 g/mol. The zero-order valence-corrected chi connectivity index (χ0v) is 18.6. The molecule has 3 rings (SSSR count). The number of rotatable bonds is 9. The highest BCUT2D eigenvalue weighted by Crippen LogP contribution is 2.20. The summed E-state index contributed by atoms with van der Waals surface area (Å²) in [5.41, 5.74) is 0.444. The summed E-state index contributed by atoms with van der Waals surface area (Å²) in [5.74, 6) is -1.29. The number of carbonyl (C=O) groups excluding carboxylic acids is 2. The summed E-state index contributed by atoms with van der Waals surface area (Å²) in [7, 11) is -3.71. The topological polar surface area (TPSA) is 170 Å². The Bertz CT molecular complexity index is 1180. The fourth-order valence-corrected chi connectivity index (χ4v) is 4.34. The molecule has 0 aliphatic carbocycles. The third kappa shape index (κ3) is 6.81. The van der Waals surface area contributed by atoms with Crippen LogP contribution in [-0.2, 0) is 29.2 Å². The fraction of sp³-hybridized carbons (Fsp3) is 0.250. The van der Waals surface area contributed by atoms with E-state index in [9.17, 15) is 28.1 Å². The Balaban J connectivity index is 1.47. The Morgan fingerprint density at radius 3 is 2.50 bits per heavy atom. The Kier molecular flexibility index (Phi) is 8.24. The first-order chi connectivity index (χ1) is 16.3. The summed E-state index contributed by atoms with van der Waals surface area (Å²) in [6, 6.07) is 11.0. The number of nitrogens with one attached hydrogen (secondary N) is 2. The highest BCUT2D eigenvalue weighted by atomic mass is 32.2. The van der Waals surface area contributed by atoms with Gasteiger partial charge in [0, 0.05) is 36.6 Å². The van der Waals surface area contributed by atoms with Crippen LogP contribution in [0.15, 0.2) is 58.6 Å². The maximum Gasteiger partial charge on any atom is 0.270 e. The van der Waals surface area contributed by atoms with E-state index in [0.717, 1.165) is 6.21 Å². The molecule has 0 spiro atoms. The van der Waals surface area contributed by atoms with Gasteiger partial charge in [-0.1, -0.05) is 11.2 Å². The van der Waals surface area contributed by atoms with Crippen LogP contribution in [-0.4, -0.2) is 68.6 Å². The summed E-state index contributed by atoms with van der Waals surface area (Å²) in [5, 5.41) is 18.9. The van der Waals surface area contributed by atoms with E-state index in [1.165, 1.54) is 52.8 Å². The van der Waals surface area contributed by atoms with Crippen molar-refractivity contribution in [2.75, 3.05) is 43.5 Å². The van der Waals surface area contributed by atoms with Crippen molar-refractivity contribution in [3.05, 3.63) is 58.6 Å². The van der Waals surface area contributed by atoms with Crippen LogP contribution in [0.1, 0.15) is 0 Å². The maximum absolute atomic E-state index is 12.7. The number of nitro benzene ring substituents is 1. The lowest BCUT2D eigenvalue weighted by molar-refractivity contribution is -0.384. The maximum atomic E-state index is 12.7. The summed E-state index contributed by atoms with van der Waals surface area (Å²) in [6.07, 6.45) is 0.796. The molecule has 2 aromatic rings. The average Bonchev–Trinajstić information content (AvgIpc) is 2.83. The second-order valence-corrected chi connectivity index (χ2v) is 8.83. The van der Waals surface area contributed by atoms with Gasteiger partial charge in [0.05, 0.1) is 23.0 Å². The molecule has 0 unspecified atom stereocenters.